The van der Waals surface area contributed by atoms with Gasteiger partial charge >= 0.3 is 0 Å². The van der Waals surface area contributed by atoms with Crippen molar-refractivity contribution in [3.05, 3.63) is 0 Å². The van der Waals surface area contributed by atoms with Crippen molar-refractivity contribution in [1.82, 2.24) is 0 Å². The monoisotopic (exact) mass is 3050 g/mol. The molecule has 0 saturated heterocycles. The fraction of sp³-hybridized carbons (Fsp3) is 1.00. The van der Waals surface area contributed by atoms with E-state index >= 15 is 0 Å². The van der Waals surface area contributed by atoms with E-state index in [9.17, 15) is 8.42 Å². The fourth-order valence-electron chi connectivity index (χ4n) is 3.07. The van der Waals surface area contributed by atoms with Gasteiger partial charge in [-0.15, -0.1) is 0 Å². The Labute approximate surface area is 619 Å². The van der Waals surface area contributed by atoms with Crippen molar-refractivity contribution in [2.45, 2.75) is 54.1 Å². The highest BCUT2D eigenvalue weighted by atomic mass is 80.0. The third-order valence-corrected chi connectivity index (χ3v) is 81.4. The second kappa shape index (κ2) is 23.8. The predicted molar refractivity (Wildman–Crippen MR) is 370 cm³/mol. The lowest BCUT2D eigenvalue weighted by atomic mass is 10.0. The van der Waals surface area contributed by atoms with Gasteiger partial charge in [0.25, 0.3) is 11.0 Å². The van der Waals surface area contributed by atoms with Crippen molar-refractivity contribution in [3.63, 3.8) is 0 Å². The van der Waals surface area contributed by atoms with Gasteiger partial charge in [0.1, 0.15) is 45.3 Å². The third kappa shape index (κ3) is 12.5. The molecule has 0 aliphatic heterocycles. The molecule has 39 heteroatoms. The van der Waals surface area contributed by atoms with Crippen LogP contribution in [0.25, 0.3) is 0 Å². The molecule has 0 bridgehead atoms. The van der Waals surface area contributed by atoms with Crippen molar-refractivity contribution in [1.29, 1.82) is 0 Å². The first kappa shape index (κ1) is 72.7. The van der Waals surface area contributed by atoms with E-state index in [1.54, 1.807) is 0 Å². The maximum absolute atomic E-state index is 11.7. The number of thiol groups is 1. The smallest absolute Gasteiger partial charge is 0.239 e. The van der Waals surface area contributed by atoms with Crippen LogP contribution < -0.4 is 0 Å². The van der Waals surface area contributed by atoms with Gasteiger partial charge in [-0.3, -0.25) is 0 Å². The van der Waals surface area contributed by atoms with E-state index in [0.717, 1.165) is 0 Å². The van der Waals surface area contributed by atoms with Crippen LogP contribution in [0.4, 0.5) is 0 Å². The Morgan fingerprint density at radius 2 is 0.339 bits per heavy atom. The minimum absolute atomic E-state index is 0.933. The minimum Gasteiger partial charge on any atom is -0.239 e. The maximum atomic E-state index is 11.7. The van der Waals surface area contributed by atoms with Crippen LogP contribution in [-0.4, -0.2) is 62.5 Å². The lowest BCUT2D eigenvalue weighted by molar-refractivity contribution is 0.270. The van der Waals surface area contributed by atoms with E-state index in [-0.39, 0.29) is 0 Å². The number of halogens is 35. The largest absolute Gasteiger partial charge is 0.259 e. The molecule has 0 N–H and O–H groups in total. The molecule has 0 atom stereocenters. The summed E-state index contributed by atoms with van der Waals surface area (Å²) in [7, 11) is -3.35. The van der Waals surface area contributed by atoms with Crippen molar-refractivity contribution in [2.75, 3.05) is 0 Å². The summed E-state index contributed by atoms with van der Waals surface area (Å²) in [5, 5.41) is 0. The first-order valence-electron chi connectivity index (χ1n) is 11.4. The Balaban J connectivity index is 7.82. The molecule has 0 radical (unpaired) electrons. The molecule has 0 aromatic heterocycles. The van der Waals surface area contributed by atoms with Gasteiger partial charge in [0.2, 0.25) is 3.42 Å². The second-order valence-electron chi connectivity index (χ2n) is 9.95. The van der Waals surface area contributed by atoms with Crippen LogP contribution in [0.2, 0.25) is 0 Å². The van der Waals surface area contributed by atoms with E-state index < -0.39 is 65.1 Å². The van der Waals surface area contributed by atoms with Gasteiger partial charge in [-0.25, -0.2) is 12.6 Å². The van der Waals surface area contributed by atoms with Crippen LogP contribution in [0.1, 0.15) is 0 Å². The summed E-state index contributed by atoms with van der Waals surface area (Å²) < 4.78 is 5.36. The zero-order valence-electron chi connectivity index (χ0n) is 23.4. The molecule has 0 saturated carbocycles. The molecule has 3 nitrogen and oxygen atoms in total. The highest BCUT2D eigenvalue weighted by Crippen LogP contribution is 2.84. The SMILES string of the molecule is O=[SH](=O)OC(Br)(Br)C(Br)(Br)C(Br)(Br)C(Br)(Br)C(Br)(Br)C(Br)(Br)C(Br)(Br)C(Br)(Br)C(Br)(Br)C(Br)(Br)C(Br)(Br)C(Br)(Br)C(Br)(Br)C(Br)(Br)C(Br)(Br)C(Br)(Br)C(Br)(Br)Br. The normalized spacial score (nSPS) is 17.2. The molecule has 0 rings (SSSR count). The zero-order chi connectivity index (χ0) is 46.8. The Bertz CT molecular complexity index is 1520. The van der Waals surface area contributed by atoms with E-state index in [2.05, 4.69) is 558 Å². The van der Waals surface area contributed by atoms with Crippen molar-refractivity contribution in [3.8, 4) is 0 Å². The Hall–Kier alpha value is 16.7. The van der Waals surface area contributed by atoms with Crippen LogP contribution in [0.5, 0.6) is 0 Å². The minimum atomic E-state index is -3.35. The third-order valence-electron chi connectivity index (χ3n) is 6.43. The summed E-state index contributed by atoms with van der Waals surface area (Å²) >= 11 is 134. The topological polar surface area (TPSA) is 43.4 Å². The average molecular weight is 3080 g/mol. The fourth-order valence-corrected chi connectivity index (χ4v) is 39.1. The summed E-state index contributed by atoms with van der Waals surface area (Å²) in [6.07, 6.45) is 0. The number of alkyl halides is 35. The molecular formula is C17HBr35O3S. The lowest BCUT2D eigenvalue weighted by Crippen LogP contribution is -2.73. The predicted octanol–water partition coefficient (Wildman–Crippen LogP) is 25.1. The van der Waals surface area contributed by atoms with Gasteiger partial charge in [-0.1, -0.05) is 526 Å². The van der Waals surface area contributed by atoms with E-state index in [1.807, 2.05) is 0 Å². The van der Waals surface area contributed by atoms with Crippen LogP contribution in [0.15, 0.2) is 0 Å². The van der Waals surface area contributed by atoms with E-state index in [0.29, 0.717) is 0 Å². The molecule has 0 aliphatic carbocycles. The molecular weight excluding hydrogens is 3080 g/mol. The van der Waals surface area contributed by atoms with Gasteiger partial charge < -0.3 is 0 Å². The Morgan fingerprint density at radius 1 is 0.214 bits per heavy atom. The molecule has 0 aromatic carbocycles. The van der Waals surface area contributed by atoms with Gasteiger partial charge in [-0.05, 0) is 31.9 Å². The summed E-state index contributed by atoms with van der Waals surface area (Å²) in [5.74, 6) is 0. The quantitative estimate of drug-likeness (QED) is 0.117. The molecule has 338 valence electrons. The van der Waals surface area contributed by atoms with Crippen LogP contribution in [-0.2, 0) is 15.2 Å². The van der Waals surface area contributed by atoms with Crippen LogP contribution >= 0.6 is 558 Å². The van der Waals surface area contributed by atoms with E-state index in [1.165, 1.54) is 0 Å². The number of rotatable bonds is 17. The Morgan fingerprint density at radius 3 is 0.464 bits per heavy atom. The highest BCUT2D eigenvalue weighted by Gasteiger charge is 2.84. The van der Waals surface area contributed by atoms with Gasteiger partial charge in [0.15, 0.2) is 5.38 Å². The summed E-state index contributed by atoms with van der Waals surface area (Å²) in [6, 6.07) is 0. The van der Waals surface area contributed by atoms with Gasteiger partial charge in [0.05, 0.1) is 0 Å². The molecule has 0 fully saturated rings. The molecule has 0 heterocycles. The number of hydrogen-bond acceptors (Lipinski definition) is 3. The lowest BCUT2D eigenvalue weighted by Gasteiger charge is -2.62. The summed E-state index contributed by atoms with van der Waals surface area (Å²) in [6.45, 7) is 0. The van der Waals surface area contributed by atoms with Gasteiger partial charge in [-0.2, -0.15) is 0 Å². The standard InChI is InChI=1S/C17HBr35O3S/c18-1(19,2(20,21)4(24,25)6(28,29)8(32,33)10(36,37)12(40,41)14(44,45)16(48,49)50)3(22,23)5(26,27)7(30,31)9(34,35)11(38,39)13(42,43)15(46,47)17(51,52)55-56(53)54/h56H. The zero-order valence-corrected chi connectivity index (χ0v) is 79.8. The molecule has 0 spiro atoms. The van der Waals surface area contributed by atoms with Crippen molar-refractivity contribution >= 4 is 569 Å². The average Bonchev–Trinajstić information content (AvgIpc) is 2.94. The highest BCUT2D eigenvalue weighted by molar-refractivity contribution is 9.43. The summed E-state index contributed by atoms with van der Waals surface area (Å²) in [4.78, 5) is 0. The molecule has 0 unspecified atom stereocenters. The number of hydrogen-bond donors (Lipinski definition) is 1. The maximum Gasteiger partial charge on any atom is 0.259 e. The Kier molecular flexibility index (Phi) is 30.9. The second-order valence-corrected chi connectivity index (χ2v) is 72.3. The van der Waals surface area contributed by atoms with Crippen LogP contribution in [0.3, 0.4) is 0 Å². The molecule has 0 aliphatic rings. The first-order valence-corrected chi connectivity index (χ1v) is 40.2. The van der Waals surface area contributed by atoms with Crippen LogP contribution in [0, 0.1) is 0 Å². The molecule has 0 amide bonds. The molecule has 56 heavy (non-hydrogen) atoms. The van der Waals surface area contributed by atoms with Gasteiger partial charge in [0, 0.05) is 0 Å². The van der Waals surface area contributed by atoms with E-state index in [4.69, 9.17) is 4.18 Å². The molecule has 0 aromatic rings. The van der Waals surface area contributed by atoms with Crippen molar-refractivity contribution < 1.29 is 12.6 Å². The summed E-state index contributed by atoms with van der Waals surface area (Å²) in [5.41, 5.74) is 0. The first-order chi connectivity index (χ1) is 23.4. The van der Waals surface area contributed by atoms with Crippen molar-refractivity contribution in [2.24, 2.45) is 0 Å².